The van der Waals surface area contributed by atoms with Crippen molar-refractivity contribution in [2.24, 2.45) is 0 Å². The molecule has 2 aromatic carbocycles. The summed E-state index contributed by atoms with van der Waals surface area (Å²) >= 11 is 2.97. The fraction of sp³-hybridized carbons (Fsp3) is 0.0833. The number of thioether (sulfide) groups is 2. The van der Waals surface area contributed by atoms with E-state index in [9.17, 15) is 14.4 Å². The second kappa shape index (κ2) is 7.79. The summed E-state index contributed by atoms with van der Waals surface area (Å²) in [7, 11) is 0. The maximum Gasteiger partial charge on any atom is 0.266 e. The first kappa shape index (κ1) is 20.1. The van der Waals surface area contributed by atoms with E-state index in [0.29, 0.717) is 34.0 Å². The van der Waals surface area contributed by atoms with Crippen molar-refractivity contribution in [2.45, 2.75) is 9.79 Å². The lowest BCUT2D eigenvalue weighted by atomic mass is 10.0. The average Bonchev–Trinajstić information content (AvgIpc) is 2.83. The smallest absolute Gasteiger partial charge is 0.266 e. The van der Waals surface area contributed by atoms with Gasteiger partial charge in [0.2, 0.25) is 11.8 Å². The number of carbonyl (C=O) groups excluding carboxylic acids is 2. The zero-order chi connectivity index (χ0) is 22.5. The molecule has 1 radical (unpaired) electrons. The third-order valence-electron chi connectivity index (χ3n) is 5.50. The van der Waals surface area contributed by atoms with E-state index in [1.807, 2.05) is 36.4 Å². The van der Waals surface area contributed by atoms with Crippen LogP contribution in [0.5, 0.6) is 0 Å². The van der Waals surface area contributed by atoms with Crippen molar-refractivity contribution in [2.75, 3.05) is 22.1 Å². The number of hydrogen-bond donors (Lipinski definition) is 2. The maximum atomic E-state index is 13.4. The minimum atomic E-state index is -0.251. The molecule has 4 heterocycles. The van der Waals surface area contributed by atoms with Crippen LogP contribution in [0.15, 0.2) is 69.3 Å². The van der Waals surface area contributed by atoms with Crippen LogP contribution < -0.4 is 16.2 Å². The Morgan fingerprint density at radius 3 is 2.18 bits per heavy atom. The molecule has 2 N–H and O–H groups in total. The van der Waals surface area contributed by atoms with Crippen molar-refractivity contribution in [1.29, 1.82) is 0 Å². The summed E-state index contributed by atoms with van der Waals surface area (Å²) in [6.45, 7) is 0. The van der Waals surface area contributed by atoms with E-state index in [2.05, 4.69) is 21.8 Å². The van der Waals surface area contributed by atoms with E-state index in [0.717, 1.165) is 26.6 Å². The van der Waals surface area contributed by atoms with Gasteiger partial charge in [0, 0.05) is 21.6 Å². The number of fused-ring (bicyclic) bond motifs is 3. The Labute approximate surface area is 196 Å². The first-order valence-corrected chi connectivity index (χ1v) is 12.1. The first-order chi connectivity index (χ1) is 16.1. The van der Waals surface area contributed by atoms with Gasteiger partial charge in [-0.25, -0.2) is 4.98 Å². The lowest BCUT2D eigenvalue weighted by Crippen LogP contribution is -2.20. The summed E-state index contributed by atoms with van der Waals surface area (Å²) in [5, 5.41) is 5.75. The highest BCUT2D eigenvalue weighted by atomic mass is 32.2. The number of nitrogens with one attached hydrogen (secondary N) is 2. The molecule has 6 rings (SSSR count). The number of hydrogen-bond acceptors (Lipinski definition) is 6. The minimum Gasteiger partial charge on any atom is -0.324 e. The normalized spacial score (nSPS) is 14.9. The van der Waals surface area contributed by atoms with Gasteiger partial charge in [-0.15, -0.1) is 23.5 Å². The molecule has 2 aliphatic rings. The number of carbonyl (C=O) groups is 2. The summed E-state index contributed by atoms with van der Waals surface area (Å²) in [6.07, 6.45) is 4.60. The van der Waals surface area contributed by atoms with Gasteiger partial charge in [-0.3, -0.25) is 18.8 Å². The van der Waals surface area contributed by atoms with Gasteiger partial charge in [0.1, 0.15) is 11.8 Å². The van der Waals surface area contributed by atoms with Crippen molar-refractivity contribution < 1.29 is 9.59 Å². The Kier molecular flexibility index (Phi) is 4.74. The number of aromatic nitrogens is 2. The van der Waals surface area contributed by atoms with Crippen LogP contribution in [0.2, 0.25) is 0 Å². The van der Waals surface area contributed by atoms with Crippen LogP contribution >= 0.6 is 23.5 Å². The van der Waals surface area contributed by atoms with Crippen molar-refractivity contribution in [3.05, 3.63) is 71.3 Å². The van der Waals surface area contributed by atoms with Crippen LogP contribution in [0.4, 0.5) is 11.4 Å². The van der Waals surface area contributed by atoms with Gasteiger partial charge in [-0.2, -0.15) is 0 Å². The maximum absolute atomic E-state index is 13.4. The minimum absolute atomic E-state index is 0.0328. The highest BCUT2D eigenvalue weighted by Gasteiger charge is 2.19. The van der Waals surface area contributed by atoms with E-state index in [-0.39, 0.29) is 17.4 Å². The van der Waals surface area contributed by atoms with Crippen molar-refractivity contribution in [3.63, 3.8) is 0 Å². The van der Waals surface area contributed by atoms with Crippen LogP contribution in [0.1, 0.15) is 0 Å². The Balaban J connectivity index is 1.46. The number of rotatable bonds is 2. The standard InChI is InChI=1S/C24H15N4O3S2/c29-21-11-32-19-5-3-13(8-17(19)26-21)15-2-1-7-28-23(15)25-10-16(24(28)31)14-4-6-20-18(9-14)27-22(30)12-33-20/h1-9H,11-12H2,(H,26,29)(H,27,30). The fourth-order valence-electron chi connectivity index (χ4n) is 3.96. The molecular weight excluding hydrogens is 456 g/mol. The number of benzene rings is 2. The quantitative estimate of drug-likeness (QED) is 0.460. The summed E-state index contributed by atoms with van der Waals surface area (Å²) in [5.41, 5.74) is 4.24. The molecule has 2 amide bonds. The zero-order valence-electron chi connectivity index (χ0n) is 17.0. The Morgan fingerprint density at radius 1 is 0.848 bits per heavy atom. The van der Waals surface area contributed by atoms with E-state index in [4.69, 9.17) is 0 Å². The summed E-state index contributed by atoms with van der Waals surface area (Å²) < 4.78 is 1.50. The molecule has 2 aromatic heterocycles. The van der Waals surface area contributed by atoms with Crippen molar-refractivity contribution in [3.8, 4) is 22.3 Å². The predicted molar refractivity (Wildman–Crippen MR) is 130 cm³/mol. The molecule has 4 aromatic rings. The molecule has 0 aliphatic carbocycles. The summed E-state index contributed by atoms with van der Waals surface area (Å²) in [6, 6.07) is 15.0. The number of pyridine rings is 1. The van der Waals surface area contributed by atoms with Gasteiger partial charge in [0.15, 0.2) is 0 Å². The van der Waals surface area contributed by atoms with Crippen LogP contribution in [0, 0.1) is 6.20 Å². The van der Waals surface area contributed by atoms with E-state index >= 15 is 0 Å². The fourth-order valence-corrected chi connectivity index (χ4v) is 5.53. The van der Waals surface area contributed by atoms with E-state index in [1.54, 1.807) is 18.3 Å². The highest BCUT2D eigenvalue weighted by Crippen LogP contribution is 2.36. The van der Waals surface area contributed by atoms with Gasteiger partial charge in [0.05, 0.1) is 28.4 Å². The molecule has 161 valence electrons. The molecule has 7 nitrogen and oxygen atoms in total. The Morgan fingerprint density at radius 2 is 1.48 bits per heavy atom. The summed E-state index contributed by atoms with van der Waals surface area (Å²) in [4.78, 5) is 43.4. The third kappa shape index (κ3) is 3.49. The summed E-state index contributed by atoms with van der Waals surface area (Å²) in [5.74, 6) is 0.688. The van der Waals surface area contributed by atoms with Gasteiger partial charge in [-0.1, -0.05) is 12.1 Å². The lowest BCUT2D eigenvalue weighted by Gasteiger charge is -2.18. The molecule has 0 saturated heterocycles. The molecule has 0 fully saturated rings. The molecule has 0 spiro atoms. The average molecular weight is 472 g/mol. The lowest BCUT2D eigenvalue weighted by molar-refractivity contribution is -0.114. The number of anilines is 2. The zero-order valence-corrected chi connectivity index (χ0v) is 18.7. The monoisotopic (exact) mass is 471 g/mol. The first-order valence-electron chi connectivity index (χ1n) is 10.1. The molecule has 9 heteroatoms. The second-order valence-electron chi connectivity index (χ2n) is 7.61. The van der Waals surface area contributed by atoms with Gasteiger partial charge in [-0.05, 0) is 47.5 Å². The van der Waals surface area contributed by atoms with Crippen LogP contribution in [-0.4, -0.2) is 32.7 Å². The van der Waals surface area contributed by atoms with Crippen molar-refractivity contribution in [1.82, 2.24) is 9.38 Å². The third-order valence-corrected chi connectivity index (χ3v) is 7.64. The largest absolute Gasteiger partial charge is 0.324 e. The van der Waals surface area contributed by atoms with Gasteiger partial charge >= 0.3 is 0 Å². The molecule has 33 heavy (non-hydrogen) atoms. The number of nitrogens with zero attached hydrogens (tertiary/aromatic N) is 2. The van der Waals surface area contributed by atoms with Crippen LogP contribution in [0.3, 0.4) is 0 Å². The predicted octanol–water partition coefficient (Wildman–Crippen LogP) is 3.92. The highest BCUT2D eigenvalue weighted by molar-refractivity contribution is 8.00. The Bertz CT molecular complexity index is 1550. The molecular formula is C24H15N4O3S2. The van der Waals surface area contributed by atoms with E-state index < -0.39 is 0 Å². The molecule has 0 unspecified atom stereocenters. The number of amides is 2. The second-order valence-corrected chi connectivity index (χ2v) is 9.65. The SMILES string of the molecule is O=C1CSc2ccc(-c3[c]nc4c(-c5ccc6c(c5)NC(=O)CS6)cccn4c3=O)cc2N1. The van der Waals surface area contributed by atoms with Crippen molar-refractivity contribution >= 4 is 52.4 Å². The molecule has 0 atom stereocenters. The van der Waals surface area contributed by atoms with Crippen LogP contribution in [-0.2, 0) is 9.59 Å². The van der Waals surface area contributed by atoms with Gasteiger partial charge in [0.25, 0.3) is 5.56 Å². The van der Waals surface area contributed by atoms with Gasteiger partial charge < -0.3 is 10.6 Å². The van der Waals surface area contributed by atoms with Crippen LogP contribution in [0.25, 0.3) is 27.9 Å². The Hall–Kier alpha value is -3.56. The topological polar surface area (TPSA) is 92.6 Å². The molecule has 0 saturated carbocycles. The molecule has 0 bridgehead atoms. The molecule has 2 aliphatic heterocycles. The van der Waals surface area contributed by atoms with E-state index in [1.165, 1.54) is 27.9 Å².